The van der Waals surface area contributed by atoms with Crippen LogP contribution in [-0.4, -0.2) is 30.4 Å². The highest BCUT2D eigenvalue weighted by molar-refractivity contribution is 6.35. The molecule has 2 N–H and O–H groups in total. The standard InChI is InChI=1S/C15H23Cl2NO2/c1-4-10(2)11(3)18-8-13(19)9-20-15-6-5-12(16)7-14(15)17/h5-7,10-11,13,18-19H,4,8-9H2,1-3H3. The SMILES string of the molecule is CCC(C)C(C)NCC(O)COc1ccc(Cl)cc1Cl. The van der Waals surface area contributed by atoms with E-state index in [9.17, 15) is 5.11 Å². The van der Waals surface area contributed by atoms with Gasteiger partial charge in [0.1, 0.15) is 18.5 Å². The van der Waals surface area contributed by atoms with Crippen molar-refractivity contribution >= 4 is 23.2 Å². The highest BCUT2D eigenvalue weighted by Gasteiger charge is 2.13. The number of halogens is 2. The molecule has 1 rings (SSSR count). The fraction of sp³-hybridized carbons (Fsp3) is 0.600. The Labute approximate surface area is 131 Å². The summed E-state index contributed by atoms with van der Waals surface area (Å²) in [7, 11) is 0. The zero-order valence-corrected chi connectivity index (χ0v) is 13.7. The van der Waals surface area contributed by atoms with Crippen molar-refractivity contribution in [3.05, 3.63) is 28.2 Å². The topological polar surface area (TPSA) is 41.5 Å². The van der Waals surface area contributed by atoms with Crippen molar-refractivity contribution in [1.29, 1.82) is 0 Å². The van der Waals surface area contributed by atoms with Crippen LogP contribution in [0.15, 0.2) is 18.2 Å². The molecule has 0 aliphatic heterocycles. The number of aliphatic hydroxyl groups excluding tert-OH is 1. The maximum Gasteiger partial charge on any atom is 0.138 e. The van der Waals surface area contributed by atoms with E-state index in [1.807, 2.05) is 0 Å². The number of hydrogen-bond acceptors (Lipinski definition) is 3. The Bertz CT molecular complexity index is 415. The summed E-state index contributed by atoms with van der Waals surface area (Å²) in [5.41, 5.74) is 0. The molecule has 3 nitrogen and oxygen atoms in total. The van der Waals surface area contributed by atoms with Crippen molar-refractivity contribution in [3.8, 4) is 5.75 Å². The molecule has 20 heavy (non-hydrogen) atoms. The third-order valence-electron chi connectivity index (χ3n) is 3.50. The summed E-state index contributed by atoms with van der Waals surface area (Å²) < 4.78 is 5.49. The van der Waals surface area contributed by atoms with Crippen LogP contribution in [-0.2, 0) is 0 Å². The van der Waals surface area contributed by atoms with Crippen LogP contribution in [0.25, 0.3) is 0 Å². The van der Waals surface area contributed by atoms with Crippen LogP contribution in [0.1, 0.15) is 27.2 Å². The molecule has 1 aromatic carbocycles. The fourth-order valence-corrected chi connectivity index (χ4v) is 2.18. The third-order valence-corrected chi connectivity index (χ3v) is 4.03. The number of rotatable bonds is 8. The molecule has 114 valence electrons. The summed E-state index contributed by atoms with van der Waals surface area (Å²) in [4.78, 5) is 0. The molecule has 0 bridgehead atoms. The average Bonchev–Trinajstić information content (AvgIpc) is 2.42. The van der Waals surface area contributed by atoms with Crippen LogP contribution < -0.4 is 10.1 Å². The van der Waals surface area contributed by atoms with E-state index < -0.39 is 6.10 Å². The van der Waals surface area contributed by atoms with Crippen molar-refractivity contribution in [1.82, 2.24) is 5.32 Å². The Morgan fingerprint density at radius 2 is 2.00 bits per heavy atom. The van der Waals surface area contributed by atoms with Crippen LogP contribution in [0.5, 0.6) is 5.75 Å². The molecule has 0 saturated heterocycles. The van der Waals surface area contributed by atoms with E-state index in [2.05, 4.69) is 26.1 Å². The van der Waals surface area contributed by atoms with Crippen LogP contribution in [0.3, 0.4) is 0 Å². The number of benzene rings is 1. The summed E-state index contributed by atoms with van der Waals surface area (Å²) in [6.07, 6.45) is 0.537. The van der Waals surface area contributed by atoms with Crippen LogP contribution >= 0.6 is 23.2 Å². The number of hydrogen-bond donors (Lipinski definition) is 2. The van der Waals surface area contributed by atoms with Gasteiger partial charge in [0.2, 0.25) is 0 Å². The van der Waals surface area contributed by atoms with Crippen molar-refractivity contribution in [2.75, 3.05) is 13.2 Å². The highest BCUT2D eigenvalue weighted by Crippen LogP contribution is 2.27. The minimum absolute atomic E-state index is 0.196. The summed E-state index contributed by atoms with van der Waals surface area (Å²) in [5.74, 6) is 1.11. The Balaban J connectivity index is 2.34. The normalized spacial score (nSPS) is 15.7. The predicted octanol–water partition coefficient (Wildman–Crippen LogP) is 3.76. The quantitative estimate of drug-likeness (QED) is 0.766. The summed E-state index contributed by atoms with van der Waals surface area (Å²) in [6, 6.07) is 5.40. The van der Waals surface area contributed by atoms with Gasteiger partial charge in [-0.05, 0) is 31.0 Å². The van der Waals surface area contributed by atoms with Crippen LogP contribution in [0.4, 0.5) is 0 Å². The molecule has 0 aliphatic carbocycles. The second kappa shape index (κ2) is 8.73. The molecule has 0 aliphatic rings. The average molecular weight is 320 g/mol. The van der Waals surface area contributed by atoms with Gasteiger partial charge in [-0.2, -0.15) is 0 Å². The lowest BCUT2D eigenvalue weighted by Crippen LogP contribution is -2.39. The maximum absolute atomic E-state index is 9.90. The van der Waals surface area contributed by atoms with Crippen molar-refractivity contribution in [2.24, 2.45) is 5.92 Å². The Kier molecular flexibility index (Phi) is 7.67. The second-order valence-electron chi connectivity index (χ2n) is 5.12. The first kappa shape index (κ1) is 17.6. The van der Waals surface area contributed by atoms with Crippen molar-refractivity contribution in [2.45, 2.75) is 39.3 Å². The number of nitrogens with one attached hydrogen (secondary N) is 1. The van der Waals surface area contributed by atoms with Gasteiger partial charge in [-0.25, -0.2) is 0 Å². The molecule has 5 heteroatoms. The first-order chi connectivity index (χ1) is 9.43. The lowest BCUT2D eigenvalue weighted by Gasteiger charge is -2.22. The smallest absolute Gasteiger partial charge is 0.138 e. The van der Waals surface area contributed by atoms with Gasteiger partial charge in [0.25, 0.3) is 0 Å². The molecule has 0 spiro atoms. The molecule has 0 fully saturated rings. The van der Waals surface area contributed by atoms with E-state index in [0.717, 1.165) is 6.42 Å². The van der Waals surface area contributed by atoms with E-state index in [1.54, 1.807) is 18.2 Å². The van der Waals surface area contributed by atoms with E-state index in [0.29, 0.717) is 34.3 Å². The zero-order chi connectivity index (χ0) is 15.1. The Hall–Kier alpha value is -0.480. The monoisotopic (exact) mass is 319 g/mol. The van der Waals surface area contributed by atoms with Crippen molar-refractivity contribution in [3.63, 3.8) is 0 Å². The highest BCUT2D eigenvalue weighted by atomic mass is 35.5. The lowest BCUT2D eigenvalue weighted by molar-refractivity contribution is 0.102. The second-order valence-corrected chi connectivity index (χ2v) is 5.97. The van der Waals surface area contributed by atoms with Gasteiger partial charge in [0.05, 0.1) is 5.02 Å². The first-order valence-corrected chi connectivity index (χ1v) is 7.69. The molecule has 0 amide bonds. The lowest BCUT2D eigenvalue weighted by atomic mass is 10.0. The minimum Gasteiger partial charge on any atom is -0.489 e. The molecule has 0 radical (unpaired) electrons. The van der Waals surface area contributed by atoms with Crippen LogP contribution in [0.2, 0.25) is 10.0 Å². The summed E-state index contributed by atoms with van der Waals surface area (Å²) in [5, 5.41) is 14.2. The molecular weight excluding hydrogens is 297 g/mol. The third kappa shape index (κ3) is 5.88. The zero-order valence-electron chi connectivity index (χ0n) is 12.2. The molecule has 3 unspecified atom stereocenters. The molecule has 0 aromatic heterocycles. The Morgan fingerprint density at radius 3 is 2.60 bits per heavy atom. The molecule has 0 heterocycles. The van der Waals surface area contributed by atoms with Gasteiger partial charge in [-0.15, -0.1) is 0 Å². The van der Waals surface area contributed by atoms with Crippen LogP contribution in [0, 0.1) is 5.92 Å². The van der Waals surface area contributed by atoms with Gasteiger partial charge in [-0.3, -0.25) is 0 Å². The van der Waals surface area contributed by atoms with E-state index in [4.69, 9.17) is 27.9 Å². The first-order valence-electron chi connectivity index (χ1n) is 6.93. The van der Waals surface area contributed by atoms with Gasteiger partial charge in [-0.1, -0.05) is 43.5 Å². The number of aliphatic hydroxyl groups is 1. The predicted molar refractivity (Wildman–Crippen MR) is 84.9 cm³/mol. The summed E-state index contributed by atoms with van der Waals surface area (Å²) in [6.45, 7) is 7.16. The molecule has 3 atom stereocenters. The summed E-state index contributed by atoms with van der Waals surface area (Å²) >= 11 is 11.8. The van der Waals surface area contributed by atoms with E-state index in [1.165, 1.54) is 0 Å². The van der Waals surface area contributed by atoms with Gasteiger partial charge >= 0.3 is 0 Å². The fourth-order valence-electron chi connectivity index (χ4n) is 1.71. The van der Waals surface area contributed by atoms with Gasteiger partial charge < -0.3 is 15.2 Å². The van der Waals surface area contributed by atoms with Crippen molar-refractivity contribution < 1.29 is 9.84 Å². The van der Waals surface area contributed by atoms with E-state index >= 15 is 0 Å². The molecule has 0 saturated carbocycles. The minimum atomic E-state index is -0.576. The van der Waals surface area contributed by atoms with Gasteiger partial charge in [0.15, 0.2) is 0 Å². The largest absolute Gasteiger partial charge is 0.489 e. The maximum atomic E-state index is 9.90. The number of ether oxygens (including phenoxy) is 1. The molecular formula is C15H23Cl2NO2. The van der Waals surface area contributed by atoms with Gasteiger partial charge in [0, 0.05) is 17.6 Å². The molecule has 1 aromatic rings. The Morgan fingerprint density at radius 1 is 1.30 bits per heavy atom. The van der Waals surface area contributed by atoms with E-state index in [-0.39, 0.29) is 6.61 Å².